The molecule has 1 aromatic carbocycles. The molecule has 0 bridgehead atoms. The molecule has 2 aromatic rings. The molecule has 0 unspecified atom stereocenters. The van der Waals surface area contributed by atoms with E-state index in [9.17, 15) is 13.2 Å². The number of aromatic amines is 1. The van der Waals surface area contributed by atoms with Crippen molar-refractivity contribution in [3.05, 3.63) is 41.6 Å². The van der Waals surface area contributed by atoms with Crippen LogP contribution in [0, 0.1) is 0 Å². The van der Waals surface area contributed by atoms with Gasteiger partial charge in [0.2, 0.25) is 0 Å². The highest BCUT2D eigenvalue weighted by molar-refractivity contribution is 5.64. The van der Waals surface area contributed by atoms with Crippen molar-refractivity contribution in [1.82, 2.24) is 15.5 Å². The first-order valence-corrected chi connectivity index (χ1v) is 5.88. The Hall–Kier alpha value is -1.82. The van der Waals surface area contributed by atoms with E-state index in [0.717, 1.165) is 18.3 Å². The van der Waals surface area contributed by atoms with Gasteiger partial charge in [0.15, 0.2) is 0 Å². The van der Waals surface area contributed by atoms with Crippen LogP contribution in [-0.4, -0.2) is 23.8 Å². The second-order valence-electron chi connectivity index (χ2n) is 4.18. The number of rotatable bonds is 4. The minimum Gasteiger partial charge on any atom is -0.319 e. The van der Waals surface area contributed by atoms with E-state index in [-0.39, 0.29) is 5.56 Å². The highest BCUT2D eigenvalue weighted by Crippen LogP contribution is 2.36. The summed E-state index contributed by atoms with van der Waals surface area (Å²) in [4.78, 5) is 0. The zero-order chi connectivity index (χ0) is 13.9. The Labute approximate surface area is 108 Å². The third kappa shape index (κ3) is 3.14. The summed E-state index contributed by atoms with van der Waals surface area (Å²) < 4.78 is 38.7. The molecule has 3 nitrogen and oxygen atoms in total. The summed E-state index contributed by atoms with van der Waals surface area (Å²) in [6.45, 7) is 0.739. The molecule has 0 radical (unpaired) electrons. The van der Waals surface area contributed by atoms with Crippen molar-refractivity contribution in [2.45, 2.75) is 12.6 Å². The van der Waals surface area contributed by atoms with Gasteiger partial charge in [0, 0.05) is 24.2 Å². The molecule has 0 atom stereocenters. The van der Waals surface area contributed by atoms with Crippen molar-refractivity contribution < 1.29 is 13.2 Å². The standard InChI is InChI=1S/C13H14F3N3/c1-17-7-6-9-8-12(19-18-9)10-4-2-3-5-11(10)13(14,15)16/h2-5,8,17H,6-7H2,1H3,(H,18,19). The Bertz CT molecular complexity index is 546. The van der Waals surface area contributed by atoms with Crippen LogP contribution >= 0.6 is 0 Å². The quantitative estimate of drug-likeness (QED) is 0.896. The maximum atomic E-state index is 12.9. The molecule has 0 saturated carbocycles. The van der Waals surface area contributed by atoms with Crippen LogP contribution in [0.4, 0.5) is 13.2 Å². The van der Waals surface area contributed by atoms with Crippen molar-refractivity contribution in [1.29, 1.82) is 0 Å². The number of halogens is 3. The van der Waals surface area contributed by atoms with Crippen LogP contribution in [0.25, 0.3) is 11.3 Å². The van der Waals surface area contributed by atoms with Crippen LogP contribution in [0.5, 0.6) is 0 Å². The predicted molar refractivity (Wildman–Crippen MR) is 66.7 cm³/mol. The Morgan fingerprint density at radius 3 is 2.68 bits per heavy atom. The van der Waals surface area contributed by atoms with E-state index >= 15 is 0 Å². The molecule has 0 aliphatic rings. The van der Waals surface area contributed by atoms with Crippen molar-refractivity contribution >= 4 is 0 Å². The summed E-state index contributed by atoms with van der Waals surface area (Å²) in [6.07, 6.45) is -3.68. The van der Waals surface area contributed by atoms with E-state index in [2.05, 4.69) is 15.5 Å². The second-order valence-corrected chi connectivity index (χ2v) is 4.18. The fourth-order valence-electron chi connectivity index (χ4n) is 1.84. The largest absolute Gasteiger partial charge is 0.417 e. The van der Waals surface area contributed by atoms with Crippen LogP contribution < -0.4 is 5.32 Å². The lowest BCUT2D eigenvalue weighted by atomic mass is 10.0. The molecule has 1 aromatic heterocycles. The molecule has 19 heavy (non-hydrogen) atoms. The number of nitrogens with zero attached hydrogens (tertiary/aromatic N) is 1. The van der Waals surface area contributed by atoms with E-state index in [4.69, 9.17) is 0 Å². The van der Waals surface area contributed by atoms with Gasteiger partial charge in [-0.1, -0.05) is 18.2 Å². The normalized spacial score (nSPS) is 11.8. The molecule has 0 fully saturated rings. The molecule has 0 aliphatic carbocycles. The van der Waals surface area contributed by atoms with E-state index in [1.165, 1.54) is 12.1 Å². The summed E-state index contributed by atoms with van der Waals surface area (Å²) in [7, 11) is 1.82. The third-order valence-corrected chi connectivity index (χ3v) is 2.78. The number of benzene rings is 1. The summed E-state index contributed by atoms with van der Waals surface area (Å²) in [5.41, 5.74) is 0.559. The van der Waals surface area contributed by atoms with Gasteiger partial charge in [0.25, 0.3) is 0 Å². The van der Waals surface area contributed by atoms with Crippen molar-refractivity contribution in [2.75, 3.05) is 13.6 Å². The van der Waals surface area contributed by atoms with Gasteiger partial charge in [0.1, 0.15) is 0 Å². The number of nitrogens with one attached hydrogen (secondary N) is 2. The van der Waals surface area contributed by atoms with Crippen molar-refractivity contribution in [3.8, 4) is 11.3 Å². The smallest absolute Gasteiger partial charge is 0.319 e. The molecular formula is C13H14F3N3. The zero-order valence-electron chi connectivity index (χ0n) is 10.4. The fraction of sp³-hybridized carbons (Fsp3) is 0.308. The SMILES string of the molecule is CNCCc1cc(-c2ccccc2C(F)(F)F)n[nH]1. The van der Waals surface area contributed by atoms with Crippen LogP contribution in [0.2, 0.25) is 0 Å². The van der Waals surface area contributed by atoms with Crippen LogP contribution in [0.15, 0.2) is 30.3 Å². The average Bonchev–Trinajstić information content (AvgIpc) is 2.84. The van der Waals surface area contributed by atoms with E-state index in [1.807, 2.05) is 7.05 Å². The third-order valence-electron chi connectivity index (χ3n) is 2.78. The molecule has 6 heteroatoms. The number of aromatic nitrogens is 2. The average molecular weight is 269 g/mol. The molecule has 102 valence electrons. The van der Waals surface area contributed by atoms with Gasteiger partial charge in [-0.2, -0.15) is 18.3 Å². The van der Waals surface area contributed by atoms with Crippen LogP contribution in [0.1, 0.15) is 11.3 Å². The highest BCUT2D eigenvalue weighted by Gasteiger charge is 2.33. The number of likely N-dealkylation sites (N-methyl/N-ethyl adjacent to an activating group) is 1. The molecule has 2 rings (SSSR count). The van der Waals surface area contributed by atoms with E-state index < -0.39 is 11.7 Å². The molecule has 0 spiro atoms. The van der Waals surface area contributed by atoms with Gasteiger partial charge in [-0.15, -0.1) is 0 Å². The molecule has 1 heterocycles. The summed E-state index contributed by atoms with van der Waals surface area (Å²) >= 11 is 0. The number of hydrogen-bond donors (Lipinski definition) is 2. The maximum Gasteiger partial charge on any atom is 0.417 e. The van der Waals surface area contributed by atoms with Gasteiger partial charge in [-0.05, 0) is 19.2 Å². The Morgan fingerprint density at radius 2 is 2.00 bits per heavy atom. The summed E-state index contributed by atoms with van der Waals surface area (Å²) in [5, 5.41) is 9.69. The molecular weight excluding hydrogens is 255 g/mol. The first kappa shape index (κ1) is 13.6. The van der Waals surface area contributed by atoms with Crippen molar-refractivity contribution in [2.24, 2.45) is 0 Å². The molecule has 0 saturated heterocycles. The minimum absolute atomic E-state index is 0.0990. The van der Waals surface area contributed by atoms with Crippen LogP contribution in [0.3, 0.4) is 0 Å². The topological polar surface area (TPSA) is 40.7 Å². The Kier molecular flexibility index (Phi) is 3.90. The van der Waals surface area contributed by atoms with E-state index in [0.29, 0.717) is 12.1 Å². The lowest BCUT2D eigenvalue weighted by Crippen LogP contribution is -2.10. The molecule has 0 amide bonds. The monoisotopic (exact) mass is 269 g/mol. The van der Waals surface area contributed by atoms with Gasteiger partial charge in [-0.25, -0.2) is 0 Å². The Morgan fingerprint density at radius 1 is 1.26 bits per heavy atom. The molecule has 2 N–H and O–H groups in total. The molecule has 0 aliphatic heterocycles. The summed E-state index contributed by atoms with van der Waals surface area (Å²) in [5.74, 6) is 0. The number of H-pyrrole nitrogens is 1. The zero-order valence-corrected chi connectivity index (χ0v) is 10.4. The van der Waals surface area contributed by atoms with Gasteiger partial charge in [-0.3, -0.25) is 5.10 Å². The van der Waals surface area contributed by atoms with Crippen molar-refractivity contribution in [3.63, 3.8) is 0 Å². The van der Waals surface area contributed by atoms with Gasteiger partial charge < -0.3 is 5.32 Å². The predicted octanol–water partition coefficient (Wildman–Crippen LogP) is 2.86. The minimum atomic E-state index is -4.37. The lowest BCUT2D eigenvalue weighted by molar-refractivity contribution is -0.137. The van der Waals surface area contributed by atoms with E-state index in [1.54, 1.807) is 12.1 Å². The second kappa shape index (κ2) is 5.44. The Balaban J connectivity index is 2.34. The first-order chi connectivity index (χ1) is 9.02. The summed E-state index contributed by atoms with van der Waals surface area (Å²) in [6, 6.07) is 7.10. The lowest BCUT2D eigenvalue weighted by Gasteiger charge is -2.10. The first-order valence-electron chi connectivity index (χ1n) is 5.88. The van der Waals surface area contributed by atoms with Gasteiger partial charge in [0.05, 0.1) is 11.3 Å². The number of hydrogen-bond acceptors (Lipinski definition) is 2. The number of alkyl halides is 3. The maximum absolute atomic E-state index is 12.9. The fourth-order valence-corrected chi connectivity index (χ4v) is 1.84. The van der Waals surface area contributed by atoms with Gasteiger partial charge >= 0.3 is 6.18 Å². The van der Waals surface area contributed by atoms with Crippen LogP contribution in [-0.2, 0) is 12.6 Å². The highest BCUT2D eigenvalue weighted by atomic mass is 19.4.